The molecule has 0 heterocycles. The van der Waals surface area contributed by atoms with Gasteiger partial charge < -0.3 is 9.47 Å². The number of hydrogen-bond acceptors (Lipinski definition) is 2. The second-order valence-corrected chi connectivity index (χ2v) is 10.4. The predicted octanol–water partition coefficient (Wildman–Crippen LogP) is 10.6. The van der Waals surface area contributed by atoms with Gasteiger partial charge >= 0.3 is 0 Å². The highest BCUT2D eigenvalue weighted by atomic mass is 127. The van der Waals surface area contributed by atoms with Gasteiger partial charge in [0, 0.05) is 13.2 Å². The van der Waals surface area contributed by atoms with Gasteiger partial charge in [-0.2, -0.15) is 0 Å². The van der Waals surface area contributed by atoms with Crippen molar-refractivity contribution >= 4 is 22.6 Å². The number of alkyl halides is 1. The van der Waals surface area contributed by atoms with Crippen molar-refractivity contribution < 1.29 is 9.47 Å². The van der Waals surface area contributed by atoms with E-state index in [1.54, 1.807) is 0 Å². The molecule has 0 N–H and O–H groups in total. The van der Waals surface area contributed by atoms with Crippen molar-refractivity contribution in [1.29, 1.82) is 0 Å². The molecule has 0 spiro atoms. The molecule has 0 unspecified atom stereocenters. The molecule has 0 saturated heterocycles. The molecule has 0 aliphatic heterocycles. The molecule has 32 heavy (non-hydrogen) atoms. The van der Waals surface area contributed by atoms with Gasteiger partial charge in [-0.1, -0.05) is 132 Å². The second-order valence-electron chi connectivity index (χ2n) is 9.35. The summed E-state index contributed by atoms with van der Waals surface area (Å²) in [6.07, 6.45) is 32.1. The summed E-state index contributed by atoms with van der Waals surface area (Å²) in [7, 11) is 0. The number of hydrogen-bond donors (Lipinski definition) is 0. The van der Waals surface area contributed by atoms with Gasteiger partial charge in [-0.25, -0.2) is 0 Å². The highest BCUT2D eigenvalue weighted by molar-refractivity contribution is 14.1. The topological polar surface area (TPSA) is 18.5 Å². The molecule has 0 rings (SSSR count). The molecular weight excluding hydrogens is 507 g/mol. The van der Waals surface area contributed by atoms with Gasteiger partial charge in [0.2, 0.25) is 0 Å². The monoisotopic (exact) mass is 564 g/mol. The highest BCUT2D eigenvalue weighted by Gasteiger charge is 2.09. The third-order valence-corrected chi connectivity index (χ3v) is 6.85. The Balaban J connectivity index is 3.89. The molecule has 0 aliphatic rings. The lowest BCUT2D eigenvalue weighted by Gasteiger charge is -2.19. The van der Waals surface area contributed by atoms with E-state index in [9.17, 15) is 0 Å². The molecule has 0 bridgehead atoms. The van der Waals surface area contributed by atoms with Crippen LogP contribution in [0.5, 0.6) is 0 Å². The first kappa shape index (κ1) is 32.4. The summed E-state index contributed by atoms with van der Waals surface area (Å²) in [5.74, 6) is 0. The fourth-order valence-electron chi connectivity index (χ4n) is 3.94. The Morgan fingerprint density at radius 1 is 0.531 bits per heavy atom. The van der Waals surface area contributed by atoms with Gasteiger partial charge in [-0.15, -0.1) is 0 Å². The molecule has 0 aromatic heterocycles. The van der Waals surface area contributed by atoms with Crippen LogP contribution in [0.2, 0.25) is 0 Å². The summed E-state index contributed by atoms with van der Waals surface area (Å²) in [6, 6.07) is 0. The Kier molecular flexibility index (Phi) is 29.8. The zero-order valence-electron chi connectivity index (χ0n) is 21.9. The first-order chi connectivity index (χ1) is 15.8. The second kappa shape index (κ2) is 29.4. The maximum atomic E-state index is 6.16. The predicted molar refractivity (Wildman–Crippen MR) is 152 cm³/mol. The minimum atomic E-state index is 0.0226. The Morgan fingerprint density at radius 2 is 0.969 bits per heavy atom. The minimum absolute atomic E-state index is 0.0226. The van der Waals surface area contributed by atoms with Crippen LogP contribution in [0, 0.1) is 0 Å². The SMILES string of the molecule is CCCCCCCCCOC(CCCCC/C=C/CCCI)OCCCCCCCCC. The molecule has 0 atom stereocenters. The third kappa shape index (κ3) is 26.6. The van der Waals surface area contributed by atoms with E-state index >= 15 is 0 Å². The van der Waals surface area contributed by atoms with Crippen LogP contribution < -0.4 is 0 Å². The van der Waals surface area contributed by atoms with E-state index in [1.807, 2.05) is 0 Å². The molecule has 0 amide bonds. The fraction of sp³-hybridized carbons (Fsp3) is 0.931. The smallest absolute Gasteiger partial charge is 0.157 e. The van der Waals surface area contributed by atoms with E-state index in [4.69, 9.17) is 9.47 Å². The van der Waals surface area contributed by atoms with E-state index in [2.05, 4.69) is 48.6 Å². The van der Waals surface area contributed by atoms with Crippen molar-refractivity contribution in [3.05, 3.63) is 12.2 Å². The van der Waals surface area contributed by atoms with Crippen LogP contribution in [0.25, 0.3) is 0 Å². The normalized spacial score (nSPS) is 11.9. The van der Waals surface area contributed by atoms with E-state index in [1.165, 1.54) is 133 Å². The van der Waals surface area contributed by atoms with Crippen molar-refractivity contribution in [3.63, 3.8) is 0 Å². The average Bonchev–Trinajstić information content (AvgIpc) is 2.80. The Morgan fingerprint density at radius 3 is 1.47 bits per heavy atom. The minimum Gasteiger partial charge on any atom is -0.353 e. The van der Waals surface area contributed by atoms with Crippen LogP contribution in [0.1, 0.15) is 149 Å². The van der Waals surface area contributed by atoms with Gasteiger partial charge in [0.05, 0.1) is 0 Å². The number of unbranched alkanes of at least 4 members (excludes halogenated alkanes) is 16. The van der Waals surface area contributed by atoms with Crippen molar-refractivity contribution in [2.75, 3.05) is 17.6 Å². The molecule has 0 aliphatic carbocycles. The summed E-state index contributed by atoms with van der Waals surface area (Å²) in [4.78, 5) is 0. The maximum Gasteiger partial charge on any atom is 0.157 e. The Labute approximate surface area is 216 Å². The van der Waals surface area contributed by atoms with Crippen LogP contribution in [0.3, 0.4) is 0 Å². The summed E-state index contributed by atoms with van der Waals surface area (Å²) in [5, 5.41) is 0. The third-order valence-electron chi connectivity index (χ3n) is 6.08. The van der Waals surface area contributed by atoms with Crippen LogP contribution in [-0.4, -0.2) is 23.9 Å². The first-order valence-electron chi connectivity index (χ1n) is 14.3. The van der Waals surface area contributed by atoms with Crippen molar-refractivity contribution in [2.45, 2.75) is 155 Å². The van der Waals surface area contributed by atoms with E-state index in [0.29, 0.717) is 0 Å². The van der Waals surface area contributed by atoms with Gasteiger partial charge in [0.25, 0.3) is 0 Å². The fourth-order valence-corrected chi connectivity index (χ4v) is 4.38. The number of halogens is 1. The molecule has 3 heteroatoms. The van der Waals surface area contributed by atoms with Gasteiger partial charge in [0.1, 0.15) is 0 Å². The average molecular weight is 565 g/mol. The lowest BCUT2D eigenvalue weighted by atomic mass is 10.1. The Hall–Kier alpha value is 0.390. The standard InChI is InChI=1S/C29H57IO2/c1-3-5-7-9-15-19-23-27-31-29(32-28-24-20-16-10-8-6-4-2)25-21-17-13-11-12-14-18-22-26-30/h12,14,29H,3-11,13,15-28H2,1-2H3/b14-12+. The molecule has 0 aromatic rings. The summed E-state index contributed by atoms with van der Waals surface area (Å²) >= 11 is 2.46. The van der Waals surface area contributed by atoms with Crippen LogP contribution in [0.4, 0.5) is 0 Å². The summed E-state index contributed by atoms with van der Waals surface area (Å²) in [5.41, 5.74) is 0. The lowest BCUT2D eigenvalue weighted by Crippen LogP contribution is -2.19. The van der Waals surface area contributed by atoms with Gasteiger partial charge in [0.15, 0.2) is 6.29 Å². The number of rotatable bonds is 27. The quantitative estimate of drug-likeness (QED) is 0.0325. The zero-order valence-corrected chi connectivity index (χ0v) is 24.1. The summed E-state index contributed by atoms with van der Waals surface area (Å²) in [6.45, 7) is 6.30. The number of ether oxygens (including phenoxy) is 2. The highest BCUT2D eigenvalue weighted by Crippen LogP contribution is 2.14. The van der Waals surface area contributed by atoms with Crippen LogP contribution in [0.15, 0.2) is 12.2 Å². The van der Waals surface area contributed by atoms with Crippen LogP contribution >= 0.6 is 22.6 Å². The summed E-state index contributed by atoms with van der Waals surface area (Å²) < 4.78 is 13.6. The number of allylic oxidation sites excluding steroid dienone is 2. The zero-order chi connectivity index (χ0) is 23.4. The van der Waals surface area contributed by atoms with Crippen molar-refractivity contribution in [3.8, 4) is 0 Å². The van der Waals surface area contributed by atoms with E-state index < -0.39 is 0 Å². The molecule has 0 fully saturated rings. The van der Waals surface area contributed by atoms with Crippen molar-refractivity contribution in [2.24, 2.45) is 0 Å². The maximum absolute atomic E-state index is 6.16. The van der Waals surface area contributed by atoms with Crippen LogP contribution in [-0.2, 0) is 9.47 Å². The molecule has 0 saturated carbocycles. The molecule has 0 radical (unpaired) electrons. The Bertz CT molecular complexity index is 339. The first-order valence-corrected chi connectivity index (χ1v) is 15.8. The van der Waals surface area contributed by atoms with Gasteiger partial charge in [-0.05, 0) is 55.8 Å². The van der Waals surface area contributed by atoms with E-state index in [-0.39, 0.29) is 6.29 Å². The molecule has 2 nitrogen and oxygen atoms in total. The van der Waals surface area contributed by atoms with E-state index in [0.717, 1.165) is 19.6 Å². The largest absolute Gasteiger partial charge is 0.353 e. The molecule has 0 aromatic carbocycles. The van der Waals surface area contributed by atoms with Crippen molar-refractivity contribution in [1.82, 2.24) is 0 Å². The van der Waals surface area contributed by atoms with Gasteiger partial charge in [-0.3, -0.25) is 0 Å². The molecular formula is C29H57IO2. The lowest BCUT2D eigenvalue weighted by molar-refractivity contribution is -0.148. The molecule has 192 valence electrons.